The van der Waals surface area contributed by atoms with Gasteiger partial charge in [-0.25, -0.2) is 0 Å². The molecule has 0 unspecified atom stereocenters. The monoisotopic (exact) mass is 458 g/mol. The molecule has 0 N–H and O–H groups in total. The largest absolute Gasteiger partial charge is 0.426 e. The molecule has 7 nitrogen and oxygen atoms in total. The van der Waals surface area contributed by atoms with E-state index in [0.29, 0.717) is 37.4 Å². The molecule has 1 aliphatic carbocycles. The van der Waals surface area contributed by atoms with Gasteiger partial charge in [-0.3, -0.25) is 24.1 Å². The smallest absolute Gasteiger partial charge is 0.316 e. The second kappa shape index (κ2) is 8.89. The van der Waals surface area contributed by atoms with Gasteiger partial charge in [0.05, 0.1) is 23.4 Å². The van der Waals surface area contributed by atoms with E-state index >= 15 is 0 Å². The van der Waals surface area contributed by atoms with Crippen LogP contribution in [0.2, 0.25) is 0 Å². The number of allylic oxidation sites excluding steroid dienone is 2. The molecule has 2 aliphatic heterocycles. The van der Waals surface area contributed by atoms with Crippen LogP contribution in [0.3, 0.4) is 0 Å². The molecule has 0 radical (unpaired) electrons. The molecule has 34 heavy (non-hydrogen) atoms. The summed E-state index contributed by atoms with van der Waals surface area (Å²) in [5, 5.41) is 0. The first-order valence-corrected chi connectivity index (χ1v) is 11.6. The Balaban J connectivity index is 1.21. The van der Waals surface area contributed by atoms with Crippen molar-refractivity contribution in [2.75, 3.05) is 11.4 Å². The molecule has 3 atom stereocenters. The van der Waals surface area contributed by atoms with Crippen molar-refractivity contribution in [2.45, 2.75) is 32.7 Å². The number of anilines is 1. The fourth-order valence-electron chi connectivity index (χ4n) is 5.04. The summed E-state index contributed by atoms with van der Waals surface area (Å²) in [4.78, 5) is 53.7. The lowest BCUT2D eigenvalue weighted by molar-refractivity contribution is -0.139. The number of amides is 3. The lowest BCUT2D eigenvalue weighted by Crippen LogP contribution is -2.30. The number of likely N-dealkylation sites (tertiary alicyclic amines) is 1. The van der Waals surface area contributed by atoms with Crippen molar-refractivity contribution < 1.29 is 23.9 Å². The van der Waals surface area contributed by atoms with Gasteiger partial charge in [-0.05, 0) is 49.6 Å². The first-order chi connectivity index (χ1) is 16.4. The SMILES string of the molecule is CC1=CC[C@@H]2C(=O)N(c3ccc(OC(=O)[C@@H]4CC(=O)N(Cc5ccccc5)C4)cc3)C(=O)[C@@H]2C1. The summed E-state index contributed by atoms with van der Waals surface area (Å²) in [7, 11) is 0. The van der Waals surface area contributed by atoms with Gasteiger partial charge in [-0.2, -0.15) is 0 Å². The van der Waals surface area contributed by atoms with Crippen molar-refractivity contribution in [3.63, 3.8) is 0 Å². The third-order valence-corrected chi connectivity index (χ3v) is 6.90. The summed E-state index contributed by atoms with van der Waals surface area (Å²) in [5.74, 6) is -1.69. The van der Waals surface area contributed by atoms with Crippen LogP contribution in [-0.2, 0) is 25.7 Å². The lowest BCUT2D eigenvalue weighted by atomic mass is 9.82. The van der Waals surface area contributed by atoms with E-state index in [-0.39, 0.29) is 36.0 Å². The zero-order chi connectivity index (χ0) is 23.8. The zero-order valence-corrected chi connectivity index (χ0v) is 19.0. The summed E-state index contributed by atoms with van der Waals surface area (Å²) in [5.41, 5.74) is 2.63. The average Bonchev–Trinajstić information content (AvgIpc) is 3.32. The van der Waals surface area contributed by atoms with Gasteiger partial charge in [0.2, 0.25) is 17.7 Å². The highest BCUT2D eigenvalue weighted by Gasteiger charge is 2.48. The standard InChI is InChI=1S/C27H26N2O5/c1-17-7-12-22-23(13-17)26(32)29(25(22)31)20-8-10-21(11-9-20)34-27(33)19-14-24(30)28(16-19)15-18-5-3-2-4-6-18/h2-11,19,22-23H,12-16H2,1H3/t19-,22+,23-/m1/s1. The molecule has 0 aromatic heterocycles. The number of carbonyl (C=O) groups is 4. The Morgan fingerprint density at radius 2 is 1.65 bits per heavy atom. The van der Waals surface area contributed by atoms with E-state index in [1.54, 1.807) is 29.2 Å². The highest BCUT2D eigenvalue weighted by atomic mass is 16.5. The molecule has 2 aromatic carbocycles. The molecule has 3 aliphatic rings. The number of imide groups is 1. The van der Waals surface area contributed by atoms with Gasteiger partial charge in [0, 0.05) is 19.5 Å². The van der Waals surface area contributed by atoms with Gasteiger partial charge in [0.15, 0.2) is 0 Å². The Hall–Kier alpha value is -3.74. The third-order valence-electron chi connectivity index (χ3n) is 6.90. The second-order valence-electron chi connectivity index (χ2n) is 9.29. The van der Waals surface area contributed by atoms with Crippen LogP contribution in [-0.4, -0.2) is 35.1 Å². The second-order valence-corrected chi connectivity index (χ2v) is 9.29. The highest BCUT2D eigenvalue weighted by Crippen LogP contribution is 2.40. The molecule has 174 valence electrons. The van der Waals surface area contributed by atoms with Gasteiger partial charge < -0.3 is 9.64 Å². The molecule has 3 amide bonds. The molecule has 0 saturated carbocycles. The van der Waals surface area contributed by atoms with Gasteiger partial charge in [-0.1, -0.05) is 42.0 Å². The molecule has 7 heteroatoms. The van der Waals surface area contributed by atoms with Crippen molar-refractivity contribution >= 4 is 29.4 Å². The van der Waals surface area contributed by atoms with Crippen molar-refractivity contribution in [3.8, 4) is 5.75 Å². The Morgan fingerprint density at radius 1 is 0.941 bits per heavy atom. The van der Waals surface area contributed by atoms with Crippen LogP contribution in [0.5, 0.6) is 5.75 Å². The molecule has 2 heterocycles. The minimum absolute atomic E-state index is 0.0709. The van der Waals surface area contributed by atoms with Crippen LogP contribution in [0, 0.1) is 17.8 Å². The average molecular weight is 459 g/mol. The first-order valence-electron chi connectivity index (χ1n) is 11.6. The van der Waals surface area contributed by atoms with Gasteiger partial charge in [0.1, 0.15) is 5.75 Å². The molecule has 5 rings (SSSR count). The summed E-state index contributed by atoms with van der Waals surface area (Å²) in [6.45, 7) is 2.77. The maximum atomic E-state index is 12.9. The fourth-order valence-corrected chi connectivity index (χ4v) is 5.04. The van der Waals surface area contributed by atoms with Crippen LogP contribution in [0.4, 0.5) is 5.69 Å². The summed E-state index contributed by atoms with van der Waals surface area (Å²) in [6, 6.07) is 16.1. The van der Waals surface area contributed by atoms with Crippen molar-refractivity contribution in [3.05, 3.63) is 71.8 Å². The zero-order valence-electron chi connectivity index (χ0n) is 19.0. The van der Waals surface area contributed by atoms with Crippen LogP contribution in [0.25, 0.3) is 0 Å². The number of rotatable bonds is 5. The fraction of sp³-hybridized carbons (Fsp3) is 0.333. The third kappa shape index (κ3) is 4.14. The molecule has 2 saturated heterocycles. The van der Waals surface area contributed by atoms with Gasteiger partial charge in [0.25, 0.3) is 0 Å². The molecule has 2 aromatic rings. The summed E-state index contributed by atoms with van der Waals surface area (Å²) < 4.78 is 5.51. The number of benzene rings is 2. The van der Waals surface area contributed by atoms with E-state index in [1.165, 1.54) is 4.90 Å². The molecule has 0 bridgehead atoms. The number of fused-ring (bicyclic) bond motifs is 1. The number of hydrogen-bond acceptors (Lipinski definition) is 5. The van der Waals surface area contributed by atoms with Crippen molar-refractivity contribution in [2.24, 2.45) is 17.8 Å². The highest BCUT2D eigenvalue weighted by molar-refractivity contribution is 6.22. The van der Waals surface area contributed by atoms with Crippen molar-refractivity contribution in [1.82, 2.24) is 4.90 Å². The molecular formula is C27H26N2O5. The van der Waals surface area contributed by atoms with Gasteiger partial charge >= 0.3 is 5.97 Å². The molecule has 2 fully saturated rings. The minimum Gasteiger partial charge on any atom is -0.426 e. The quantitative estimate of drug-likeness (QED) is 0.296. The van der Waals surface area contributed by atoms with E-state index in [1.807, 2.05) is 43.3 Å². The number of nitrogens with zero attached hydrogens (tertiary/aromatic N) is 2. The van der Waals surface area contributed by atoms with Crippen LogP contribution in [0.1, 0.15) is 31.7 Å². The van der Waals surface area contributed by atoms with E-state index in [4.69, 9.17) is 4.74 Å². The van der Waals surface area contributed by atoms with Crippen LogP contribution < -0.4 is 9.64 Å². The number of carbonyl (C=O) groups excluding carboxylic acids is 4. The van der Waals surface area contributed by atoms with Crippen LogP contribution >= 0.6 is 0 Å². The number of hydrogen-bond donors (Lipinski definition) is 0. The Bertz CT molecular complexity index is 1170. The van der Waals surface area contributed by atoms with Crippen molar-refractivity contribution in [1.29, 1.82) is 0 Å². The maximum absolute atomic E-state index is 12.9. The lowest BCUT2D eigenvalue weighted by Gasteiger charge is -2.18. The first kappa shape index (κ1) is 22.1. The minimum atomic E-state index is -0.531. The Morgan fingerprint density at radius 3 is 2.38 bits per heavy atom. The summed E-state index contributed by atoms with van der Waals surface area (Å²) >= 11 is 0. The van der Waals surface area contributed by atoms with E-state index in [2.05, 4.69) is 0 Å². The predicted octanol–water partition coefficient (Wildman–Crippen LogP) is 3.49. The summed E-state index contributed by atoms with van der Waals surface area (Å²) in [6.07, 6.45) is 3.36. The molecular weight excluding hydrogens is 432 g/mol. The normalized spacial score (nSPS) is 24.3. The molecule has 0 spiro atoms. The number of ether oxygens (including phenoxy) is 1. The maximum Gasteiger partial charge on any atom is 0.316 e. The topological polar surface area (TPSA) is 84.0 Å². The van der Waals surface area contributed by atoms with E-state index in [0.717, 1.165) is 11.1 Å². The van der Waals surface area contributed by atoms with Crippen LogP contribution in [0.15, 0.2) is 66.2 Å². The predicted molar refractivity (Wildman–Crippen MR) is 125 cm³/mol. The Labute approximate surface area is 198 Å². The van der Waals surface area contributed by atoms with Gasteiger partial charge in [-0.15, -0.1) is 0 Å². The number of esters is 1. The van der Waals surface area contributed by atoms with E-state index in [9.17, 15) is 19.2 Å². The van der Waals surface area contributed by atoms with E-state index < -0.39 is 11.9 Å². The Kier molecular flexibility index (Phi) is 5.77.